The van der Waals surface area contributed by atoms with Crippen molar-refractivity contribution in [3.8, 4) is 10.8 Å². The Morgan fingerprint density at radius 2 is 1.84 bits per heavy atom. The number of aromatic amines is 1. The Hall–Kier alpha value is -1.18. The van der Waals surface area contributed by atoms with E-state index in [2.05, 4.69) is 15.0 Å². The summed E-state index contributed by atoms with van der Waals surface area (Å²) >= 11 is 1.53. The van der Waals surface area contributed by atoms with Crippen LogP contribution in [-0.2, 0) is 9.31 Å². The standard InChI is InChI=1S/C12H16BN3O2S/c1-11(2)12(3,4)18-13(17-11)8-7-16-10(19-8)9-14-5-6-15-9/h5-7H,1-4H3,(H,14,15). The van der Waals surface area contributed by atoms with E-state index < -0.39 is 0 Å². The highest BCUT2D eigenvalue weighted by Crippen LogP contribution is 2.37. The predicted octanol–water partition coefficient (Wildman–Crippen LogP) is 1.83. The van der Waals surface area contributed by atoms with Crippen LogP contribution in [0.2, 0.25) is 0 Å². The summed E-state index contributed by atoms with van der Waals surface area (Å²) < 4.78 is 13.0. The van der Waals surface area contributed by atoms with Gasteiger partial charge in [-0.15, -0.1) is 11.3 Å². The number of hydrogen-bond acceptors (Lipinski definition) is 5. The minimum Gasteiger partial charge on any atom is -0.399 e. The van der Waals surface area contributed by atoms with E-state index in [-0.39, 0.29) is 18.3 Å². The summed E-state index contributed by atoms with van der Waals surface area (Å²) in [5.41, 5.74) is -0.654. The second-order valence-corrected chi connectivity index (χ2v) is 6.66. The maximum atomic E-state index is 6.00. The average molecular weight is 277 g/mol. The number of rotatable bonds is 2. The largest absolute Gasteiger partial charge is 0.507 e. The minimum absolute atomic E-state index is 0.327. The summed E-state index contributed by atoms with van der Waals surface area (Å²) in [6.07, 6.45) is 5.29. The van der Waals surface area contributed by atoms with Gasteiger partial charge in [0.2, 0.25) is 0 Å². The highest BCUT2D eigenvalue weighted by atomic mass is 32.1. The fraction of sp³-hybridized carbons (Fsp3) is 0.500. The first-order chi connectivity index (χ1) is 8.89. The van der Waals surface area contributed by atoms with Crippen LogP contribution in [0.5, 0.6) is 0 Å². The van der Waals surface area contributed by atoms with Crippen molar-refractivity contribution in [3.05, 3.63) is 18.6 Å². The molecule has 5 nitrogen and oxygen atoms in total. The molecule has 0 bridgehead atoms. The first-order valence-electron chi connectivity index (χ1n) is 6.20. The Bertz CT molecular complexity index is 564. The quantitative estimate of drug-likeness (QED) is 0.851. The van der Waals surface area contributed by atoms with Crippen molar-refractivity contribution in [1.29, 1.82) is 0 Å². The molecule has 0 aliphatic carbocycles. The average Bonchev–Trinajstić information content (AvgIpc) is 3.00. The normalized spacial score (nSPS) is 20.9. The van der Waals surface area contributed by atoms with Crippen molar-refractivity contribution in [2.45, 2.75) is 38.9 Å². The zero-order valence-corrected chi connectivity index (χ0v) is 12.2. The lowest BCUT2D eigenvalue weighted by Crippen LogP contribution is -2.41. The van der Waals surface area contributed by atoms with Gasteiger partial charge in [-0.3, -0.25) is 0 Å². The maximum absolute atomic E-state index is 6.00. The SMILES string of the molecule is CC1(C)OB(c2cnc(-c3ncc[nH]3)s2)OC1(C)C. The number of aromatic nitrogens is 3. The van der Waals surface area contributed by atoms with E-state index in [9.17, 15) is 0 Å². The number of hydrogen-bond donors (Lipinski definition) is 1. The molecule has 0 atom stereocenters. The first-order valence-corrected chi connectivity index (χ1v) is 7.02. The third-order valence-corrected chi connectivity index (χ3v) is 4.74. The van der Waals surface area contributed by atoms with Gasteiger partial charge in [0.15, 0.2) is 10.8 Å². The molecular weight excluding hydrogens is 261 g/mol. The molecule has 3 rings (SSSR count). The van der Waals surface area contributed by atoms with E-state index in [0.29, 0.717) is 0 Å². The van der Waals surface area contributed by atoms with Crippen LogP contribution >= 0.6 is 11.3 Å². The Balaban J connectivity index is 1.85. The number of H-pyrrole nitrogens is 1. The van der Waals surface area contributed by atoms with E-state index >= 15 is 0 Å². The Kier molecular flexibility index (Phi) is 2.81. The molecule has 1 fully saturated rings. The lowest BCUT2D eigenvalue weighted by Gasteiger charge is -2.32. The fourth-order valence-electron chi connectivity index (χ4n) is 1.85. The third kappa shape index (κ3) is 2.11. The summed E-state index contributed by atoms with van der Waals surface area (Å²) in [5, 5.41) is 0.842. The highest BCUT2D eigenvalue weighted by Gasteiger charge is 2.52. The molecule has 19 heavy (non-hydrogen) atoms. The lowest BCUT2D eigenvalue weighted by atomic mass is 9.89. The lowest BCUT2D eigenvalue weighted by molar-refractivity contribution is 0.00578. The van der Waals surface area contributed by atoms with Crippen molar-refractivity contribution in [1.82, 2.24) is 15.0 Å². The summed E-state index contributed by atoms with van der Waals surface area (Å²) in [5.74, 6) is 0.771. The zero-order valence-electron chi connectivity index (χ0n) is 11.4. The Labute approximate surface area is 116 Å². The van der Waals surface area contributed by atoms with Crippen LogP contribution < -0.4 is 4.78 Å². The first kappa shape index (κ1) is 12.8. The van der Waals surface area contributed by atoms with Gasteiger partial charge in [0.05, 0.1) is 16.0 Å². The second kappa shape index (κ2) is 4.16. The van der Waals surface area contributed by atoms with Crippen molar-refractivity contribution in [2.75, 3.05) is 0 Å². The van der Waals surface area contributed by atoms with Crippen LogP contribution in [-0.4, -0.2) is 33.3 Å². The molecule has 1 aliphatic heterocycles. The molecule has 0 spiro atoms. The van der Waals surface area contributed by atoms with Gasteiger partial charge in [-0.1, -0.05) is 0 Å². The number of nitrogens with zero attached hydrogens (tertiary/aromatic N) is 2. The summed E-state index contributed by atoms with van der Waals surface area (Å²) in [4.78, 5) is 11.6. The summed E-state index contributed by atoms with van der Waals surface area (Å²) in [7, 11) is -0.355. The molecule has 0 saturated carbocycles. The molecule has 0 radical (unpaired) electrons. The van der Waals surface area contributed by atoms with Gasteiger partial charge < -0.3 is 14.3 Å². The van der Waals surface area contributed by atoms with Gasteiger partial charge in [-0.25, -0.2) is 9.97 Å². The van der Waals surface area contributed by atoms with Crippen LogP contribution in [0.3, 0.4) is 0 Å². The molecule has 1 saturated heterocycles. The van der Waals surface area contributed by atoms with Gasteiger partial charge in [0.25, 0.3) is 0 Å². The van der Waals surface area contributed by atoms with Crippen molar-refractivity contribution < 1.29 is 9.31 Å². The molecule has 1 N–H and O–H groups in total. The van der Waals surface area contributed by atoms with Gasteiger partial charge in [0.1, 0.15) is 0 Å². The third-order valence-electron chi connectivity index (χ3n) is 3.71. The monoisotopic (exact) mass is 277 g/mol. The molecule has 1 aliphatic rings. The van der Waals surface area contributed by atoms with Crippen LogP contribution in [0, 0.1) is 0 Å². The van der Waals surface area contributed by atoms with E-state index in [0.717, 1.165) is 15.6 Å². The van der Waals surface area contributed by atoms with Gasteiger partial charge in [0, 0.05) is 18.6 Å². The number of thiazole rings is 1. The zero-order chi connectivity index (χ0) is 13.7. The summed E-state index contributed by atoms with van der Waals surface area (Å²) in [6, 6.07) is 0. The van der Waals surface area contributed by atoms with Crippen LogP contribution in [0.4, 0.5) is 0 Å². The molecule has 100 valence electrons. The Morgan fingerprint density at radius 1 is 1.16 bits per heavy atom. The van der Waals surface area contributed by atoms with Gasteiger partial charge in [-0.05, 0) is 27.7 Å². The van der Waals surface area contributed by atoms with Crippen LogP contribution in [0.1, 0.15) is 27.7 Å². The molecule has 0 aromatic carbocycles. The van der Waals surface area contributed by atoms with E-state index in [1.54, 1.807) is 18.6 Å². The summed E-state index contributed by atoms with van der Waals surface area (Å²) in [6.45, 7) is 8.17. The molecule has 3 heterocycles. The molecular formula is C12H16BN3O2S. The highest BCUT2D eigenvalue weighted by molar-refractivity contribution is 7.24. The van der Waals surface area contributed by atoms with Gasteiger partial charge >= 0.3 is 7.12 Å². The van der Waals surface area contributed by atoms with Crippen molar-refractivity contribution >= 4 is 23.2 Å². The van der Waals surface area contributed by atoms with E-state index in [1.165, 1.54) is 11.3 Å². The molecule has 0 unspecified atom stereocenters. The number of imidazole rings is 1. The predicted molar refractivity (Wildman–Crippen MR) is 75.4 cm³/mol. The van der Waals surface area contributed by atoms with Crippen molar-refractivity contribution in [2.24, 2.45) is 0 Å². The second-order valence-electron chi connectivity index (χ2n) is 5.59. The van der Waals surface area contributed by atoms with Crippen LogP contribution in [0.25, 0.3) is 10.8 Å². The molecule has 2 aromatic heterocycles. The van der Waals surface area contributed by atoms with E-state index in [1.807, 2.05) is 27.7 Å². The van der Waals surface area contributed by atoms with Crippen LogP contribution in [0.15, 0.2) is 18.6 Å². The molecule has 2 aromatic rings. The smallest absolute Gasteiger partial charge is 0.399 e. The minimum atomic E-state index is -0.355. The maximum Gasteiger partial charge on any atom is 0.507 e. The Morgan fingerprint density at radius 3 is 2.42 bits per heavy atom. The fourth-order valence-corrected chi connectivity index (χ4v) is 2.68. The van der Waals surface area contributed by atoms with E-state index in [4.69, 9.17) is 9.31 Å². The molecule has 7 heteroatoms. The topological polar surface area (TPSA) is 60.0 Å². The number of nitrogens with one attached hydrogen (secondary N) is 1. The molecule has 0 amide bonds. The van der Waals surface area contributed by atoms with Gasteiger partial charge in [-0.2, -0.15) is 0 Å². The van der Waals surface area contributed by atoms with Crippen molar-refractivity contribution in [3.63, 3.8) is 0 Å².